The van der Waals surface area contributed by atoms with E-state index in [1.165, 1.54) is 0 Å². The van der Waals surface area contributed by atoms with Crippen molar-refractivity contribution in [3.05, 3.63) is 72.9 Å². The van der Waals surface area contributed by atoms with E-state index in [1.54, 1.807) is 6.92 Å². The molecule has 0 heterocycles. The average Bonchev–Trinajstić information content (AvgIpc) is 2.60. The summed E-state index contributed by atoms with van der Waals surface area (Å²) >= 11 is 0. The van der Waals surface area contributed by atoms with E-state index in [0.717, 1.165) is 38.5 Å². The summed E-state index contributed by atoms with van der Waals surface area (Å²) in [5.41, 5.74) is 0. The second-order valence-electron chi connectivity index (χ2n) is 5.89. The van der Waals surface area contributed by atoms with Gasteiger partial charge in [0.1, 0.15) is 0 Å². The number of carboxylic acid groups (broad SMARTS) is 1. The highest BCUT2D eigenvalue weighted by atomic mass is 16.4. The Balaban J connectivity index is 3.59. The highest BCUT2D eigenvalue weighted by molar-refractivity contribution is 5.69. The lowest BCUT2D eigenvalue weighted by atomic mass is 10.1. The Morgan fingerprint density at radius 2 is 1.00 bits per heavy atom. The predicted octanol–water partition coefficient (Wildman–Crippen LogP) is 6.79. The van der Waals surface area contributed by atoms with Gasteiger partial charge in [-0.2, -0.15) is 0 Å². The molecule has 138 valence electrons. The fraction of sp³-hybridized carbons (Fsp3) is 0.435. The van der Waals surface area contributed by atoms with Crippen LogP contribution < -0.4 is 0 Å². The van der Waals surface area contributed by atoms with E-state index in [1.807, 2.05) is 12.2 Å². The number of carboxylic acids is 1. The summed E-state index contributed by atoms with van der Waals surface area (Å²) in [6.45, 7) is 3.87. The Labute approximate surface area is 154 Å². The lowest BCUT2D eigenvalue weighted by molar-refractivity contribution is -0.140. The number of carbonyl (C=O) groups is 1. The molecule has 0 bridgehead atoms. The van der Waals surface area contributed by atoms with E-state index < -0.39 is 5.97 Å². The molecule has 0 aromatic carbocycles. The summed E-state index contributed by atoms with van der Waals surface area (Å²) < 4.78 is 0. The molecule has 0 aliphatic heterocycles. The monoisotopic (exact) mass is 342 g/mol. The number of allylic oxidation sites excluding steroid dienone is 12. The van der Waals surface area contributed by atoms with Crippen LogP contribution >= 0.6 is 0 Å². The van der Waals surface area contributed by atoms with Crippen molar-refractivity contribution in [2.24, 2.45) is 5.92 Å². The number of aliphatic carboxylic acids is 1. The largest absolute Gasteiger partial charge is 0.481 e. The molecule has 0 saturated carbocycles. The first-order valence-electron chi connectivity index (χ1n) is 9.31. The summed E-state index contributed by atoms with van der Waals surface area (Å²) in [4.78, 5) is 10.6. The van der Waals surface area contributed by atoms with Gasteiger partial charge in [0.05, 0.1) is 5.92 Å². The summed E-state index contributed by atoms with van der Waals surface area (Å²) in [5, 5.41) is 8.76. The van der Waals surface area contributed by atoms with Gasteiger partial charge in [0.25, 0.3) is 0 Å². The van der Waals surface area contributed by atoms with Crippen molar-refractivity contribution in [2.75, 3.05) is 0 Å². The third-order valence-corrected chi connectivity index (χ3v) is 3.51. The minimum absolute atomic E-state index is 0.301. The number of rotatable bonds is 14. The van der Waals surface area contributed by atoms with E-state index in [-0.39, 0.29) is 5.92 Å². The Kier molecular flexibility index (Phi) is 16.7. The van der Waals surface area contributed by atoms with E-state index >= 15 is 0 Å². The van der Waals surface area contributed by atoms with Crippen LogP contribution in [0.2, 0.25) is 0 Å². The lowest BCUT2D eigenvalue weighted by Crippen LogP contribution is -2.07. The predicted molar refractivity (Wildman–Crippen MR) is 110 cm³/mol. The first-order chi connectivity index (χ1) is 12.2. The topological polar surface area (TPSA) is 37.3 Å². The first-order valence-corrected chi connectivity index (χ1v) is 9.31. The van der Waals surface area contributed by atoms with Crippen LogP contribution in [0.25, 0.3) is 0 Å². The molecule has 1 N–H and O–H groups in total. The van der Waals surface area contributed by atoms with Crippen LogP contribution in [-0.2, 0) is 4.79 Å². The van der Waals surface area contributed by atoms with Gasteiger partial charge in [0, 0.05) is 0 Å². The molecule has 2 heteroatoms. The van der Waals surface area contributed by atoms with E-state index in [2.05, 4.69) is 67.7 Å². The van der Waals surface area contributed by atoms with Gasteiger partial charge in [-0.1, -0.05) is 86.8 Å². The van der Waals surface area contributed by atoms with Gasteiger partial charge in [-0.05, 0) is 44.9 Å². The van der Waals surface area contributed by atoms with Crippen molar-refractivity contribution in [2.45, 2.75) is 58.8 Å². The minimum atomic E-state index is -0.737. The van der Waals surface area contributed by atoms with E-state index in [9.17, 15) is 4.79 Å². The SMILES string of the molecule is CC/C=C\C/C=C\C/C=C\C/C=C\C/C=C\C/C=C\CC(C)C(=O)O. The molecule has 0 amide bonds. The molecule has 0 saturated heterocycles. The molecule has 0 aliphatic rings. The van der Waals surface area contributed by atoms with E-state index in [4.69, 9.17) is 5.11 Å². The maximum Gasteiger partial charge on any atom is 0.306 e. The van der Waals surface area contributed by atoms with Crippen molar-refractivity contribution in [3.63, 3.8) is 0 Å². The zero-order chi connectivity index (χ0) is 18.6. The van der Waals surface area contributed by atoms with Gasteiger partial charge in [0.15, 0.2) is 0 Å². The molecule has 25 heavy (non-hydrogen) atoms. The fourth-order valence-corrected chi connectivity index (χ4v) is 1.92. The standard InChI is InChI=1S/C23H34O2/c1-3-4-5-6-7-8-9-10-11-12-13-14-15-16-17-18-19-20-21-22(2)23(24)25/h4-5,7-8,10-11,13-14,16-17,19-20,22H,3,6,9,12,15,18,21H2,1-2H3,(H,24,25)/b5-4-,8-7-,11-10-,14-13-,17-16-,20-19-. The van der Waals surface area contributed by atoms with Crippen LogP contribution in [0.15, 0.2) is 72.9 Å². The molecule has 1 unspecified atom stereocenters. The Morgan fingerprint density at radius 1 is 0.680 bits per heavy atom. The van der Waals surface area contributed by atoms with Crippen molar-refractivity contribution in [3.8, 4) is 0 Å². The minimum Gasteiger partial charge on any atom is -0.481 e. The maximum absolute atomic E-state index is 10.6. The summed E-state index contributed by atoms with van der Waals surface area (Å²) in [7, 11) is 0. The van der Waals surface area contributed by atoms with Crippen LogP contribution in [-0.4, -0.2) is 11.1 Å². The molecule has 0 aromatic heterocycles. The van der Waals surface area contributed by atoms with Crippen molar-refractivity contribution in [1.29, 1.82) is 0 Å². The van der Waals surface area contributed by atoms with Gasteiger partial charge in [-0.25, -0.2) is 0 Å². The molecular formula is C23H34O2. The molecule has 0 fully saturated rings. The van der Waals surface area contributed by atoms with E-state index in [0.29, 0.717) is 6.42 Å². The van der Waals surface area contributed by atoms with Crippen molar-refractivity contribution < 1.29 is 9.90 Å². The maximum atomic E-state index is 10.6. The molecule has 0 aromatic rings. The Bertz CT molecular complexity index is 490. The van der Waals surface area contributed by atoms with Gasteiger partial charge < -0.3 is 5.11 Å². The fourth-order valence-electron chi connectivity index (χ4n) is 1.92. The third-order valence-electron chi connectivity index (χ3n) is 3.51. The average molecular weight is 343 g/mol. The normalized spacial score (nSPS) is 14.3. The van der Waals surface area contributed by atoms with Crippen LogP contribution in [0.1, 0.15) is 58.8 Å². The Morgan fingerprint density at radius 3 is 1.32 bits per heavy atom. The second-order valence-corrected chi connectivity index (χ2v) is 5.89. The zero-order valence-corrected chi connectivity index (χ0v) is 15.8. The van der Waals surface area contributed by atoms with Crippen molar-refractivity contribution in [1.82, 2.24) is 0 Å². The third kappa shape index (κ3) is 18.1. The molecule has 0 rings (SSSR count). The second kappa shape index (κ2) is 18.3. The molecule has 0 radical (unpaired) electrons. The molecule has 1 atom stereocenters. The smallest absolute Gasteiger partial charge is 0.306 e. The van der Waals surface area contributed by atoms with Gasteiger partial charge >= 0.3 is 5.97 Å². The highest BCUT2D eigenvalue weighted by Gasteiger charge is 2.06. The molecule has 0 aliphatic carbocycles. The number of hydrogen-bond donors (Lipinski definition) is 1. The Hall–Kier alpha value is -2.09. The lowest BCUT2D eigenvalue weighted by Gasteiger charge is -1.99. The van der Waals surface area contributed by atoms with Gasteiger partial charge in [-0.3, -0.25) is 4.79 Å². The molecule has 2 nitrogen and oxygen atoms in total. The van der Waals surface area contributed by atoms with Crippen LogP contribution in [0.5, 0.6) is 0 Å². The highest BCUT2D eigenvalue weighted by Crippen LogP contribution is 2.03. The van der Waals surface area contributed by atoms with Gasteiger partial charge in [-0.15, -0.1) is 0 Å². The summed E-state index contributed by atoms with van der Waals surface area (Å²) in [6.07, 6.45) is 32.3. The van der Waals surface area contributed by atoms with Gasteiger partial charge in [0.2, 0.25) is 0 Å². The summed E-state index contributed by atoms with van der Waals surface area (Å²) in [5.74, 6) is -1.04. The van der Waals surface area contributed by atoms with Crippen LogP contribution in [0.3, 0.4) is 0 Å². The molecular weight excluding hydrogens is 308 g/mol. The zero-order valence-electron chi connectivity index (χ0n) is 15.8. The quantitative estimate of drug-likeness (QED) is 0.353. The van der Waals surface area contributed by atoms with Crippen molar-refractivity contribution >= 4 is 5.97 Å². The van der Waals surface area contributed by atoms with Crippen LogP contribution in [0, 0.1) is 5.92 Å². The number of hydrogen-bond acceptors (Lipinski definition) is 1. The van der Waals surface area contributed by atoms with Crippen LogP contribution in [0.4, 0.5) is 0 Å². The summed E-state index contributed by atoms with van der Waals surface area (Å²) in [6, 6.07) is 0. The first kappa shape index (κ1) is 22.9. The molecule has 0 spiro atoms.